The summed E-state index contributed by atoms with van der Waals surface area (Å²) in [5, 5.41) is 20.3. The van der Waals surface area contributed by atoms with E-state index in [-0.39, 0.29) is 17.3 Å². The van der Waals surface area contributed by atoms with E-state index in [4.69, 9.17) is 5.11 Å². The second-order valence-electron chi connectivity index (χ2n) is 4.41. The van der Waals surface area contributed by atoms with Crippen LogP contribution in [0.4, 0.5) is 11.4 Å². The highest BCUT2D eigenvalue weighted by Gasteiger charge is 2.34. The Hall–Kier alpha value is -2.37. The molecular weight excluding hydrogens is 248 g/mol. The van der Waals surface area contributed by atoms with Crippen molar-refractivity contribution in [1.82, 2.24) is 0 Å². The molecule has 0 aromatic heterocycles. The number of nitrogens with zero attached hydrogens (tertiary/aromatic N) is 2. The van der Waals surface area contributed by atoms with Gasteiger partial charge in [-0.15, -0.1) is 6.58 Å². The number of nitro benzene ring substituents is 1. The maximum atomic E-state index is 11.2. The monoisotopic (exact) mass is 262 g/mol. The molecule has 0 radical (unpaired) electrons. The van der Waals surface area contributed by atoms with Crippen LogP contribution in [0.15, 0.2) is 30.9 Å². The molecule has 1 N–H and O–H groups in total. The predicted octanol–water partition coefficient (Wildman–Crippen LogP) is 2.45. The summed E-state index contributed by atoms with van der Waals surface area (Å²) in [5.41, 5.74) is -0.270. The molecule has 2 rings (SSSR count). The summed E-state index contributed by atoms with van der Waals surface area (Å²) in [6, 6.07) is 4.61. The number of hydrogen-bond acceptors (Lipinski definition) is 4. The number of nitro groups is 1. The Kier molecular flexibility index (Phi) is 3.50. The van der Waals surface area contributed by atoms with Crippen LogP contribution in [0.3, 0.4) is 0 Å². The normalized spacial score (nSPS) is 13.9. The van der Waals surface area contributed by atoms with E-state index in [1.165, 1.54) is 12.1 Å². The fraction of sp³-hybridized carbons (Fsp3) is 0.308. The zero-order valence-electron chi connectivity index (χ0n) is 10.3. The van der Waals surface area contributed by atoms with Gasteiger partial charge in [0.15, 0.2) is 0 Å². The summed E-state index contributed by atoms with van der Waals surface area (Å²) in [6.07, 6.45) is 3.58. The van der Waals surface area contributed by atoms with E-state index in [0.717, 1.165) is 12.8 Å². The molecule has 0 heterocycles. The van der Waals surface area contributed by atoms with Gasteiger partial charge in [0.1, 0.15) is 11.3 Å². The Balaban J connectivity index is 2.54. The van der Waals surface area contributed by atoms with E-state index >= 15 is 0 Å². The molecule has 0 amide bonds. The lowest BCUT2D eigenvalue weighted by Gasteiger charge is -2.23. The molecule has 1 fully saturated rings. The molecule has 19 heavy (non-hydrogen) atoms. The third kappa shape index (κ3) is 2.57. The van der Waals surface area contributed by atoms with Crippen LogP contribution < -0.4 is 4.90 Å². The number of benzene rings is 1. The first-order valence-corrected chi connectivity index (χ1v) is 5.94. The second kappa shape index (κ2) is 5.09. The molecule has 0 unspecified atom stereocenters. The van der Waals surface area contributed by atoms with E-state index in [9.17, 15) is 14.9 Å². The number of carboxylic acids is 1. The molecule has 1 aliphatic carbocycles. The van der Waals surface area contributed by atoms with Gasteiger partial charge in [-0.2, -0.15) is 0 Å². The van der Waals surface area contributed by atoms with Crippen LogP contribution in [-0.4, -0.2) is 28.6 Å². The summed E-state index contributed by atoms with van der Waals surface area (Å²) in [7, 11) is 0. The molecule has 1 aromatic rings. The number of aromatic carboxylic acids is 1. The minimum absolute atomic E-state index is 0.237. The van der Waals surface area contributed by atoms with Gasteiger partial charge in [-0.3, -0.25) is 10.1 Å². The standard InChI is InChI=1S/C13H14N2O4/c1-2-8-14(9-6-7-9)11-5-3-4-10(13(16)17)12(11)15(18)19/h2-5,9H,1,6-8H2,(H,16,17). The number of rotatable bonds is 6. The number of carbonyl (C=O) groups is 1. The molecule has 6 heteroatoms. The van der Waals surface area contributed by atoms with Gasteiger partial charge < -0.3 is 10.0 Å². The number of para-hydroxylation sites is 1. The number of anilines is 1. The molecule has 6 nitrogen and oxygen atoms in total. The van der Waals surface area contributed by atoms with Crippen LogP contribution in [-0.2, 0) is 0 Å². The molecule has 0 spiro atoms. The van der Waals surface area contributed by atoms with Crippen molar-refractivity contribution in [3.05, 3.63) is 46.5 Å². The van der Waals surface area contributed by atoms with Crippen molar-refractivity contribution in [2.45, 2.75) is 18.9 Å². The van der Waals surface area contributed by atoms with E-state index in [1.807, 2.05) is 4.90 Å². The third-order valence-corrected chi connectivity index (χ3v) is 3.05. The minimum Gasteiger partial charge on any atom is -0.477 e. The van der Waals surface area contributed by atoms with Gasteiger partial charge in [-0.25, -0.2) is 4.79 Å². The van der Waals surface area contributed by atoms with Gasteiger partial charge in [0.05, 0.1) is 4.92 Å². The highest BCUT2D eigenvalue weighted by molar-refractivity contribution is 5.95. The smallest absolute Gasteiger partial charge is 0.342 e. The highest BCUT2D eigenvalue weighted by atomic mass is 16.6. The van der Waals surface area contributed by atoms with E-state index in [2.05, 4.69) is 6.58 Å². The van der Waals surface area contributed by atoms with Gasteiger partial charge in [0, 0.05) is 12.6 Å². The summed E-state index contributed by atoms with van der Waals surface area (Å²) < 4.78 is 0. The van der Waals surface area contributed by atoms with Crippen LogP contribution in [0.5, 0.6) is 0 Å². The van der Waals surface area contributed by atoms with Gasteiger partial charge >= 0.3 is 11.7 Å². The highest BCUT2D eigenvalue weighted by Crippen LogP contribution is 2.38. The van der Waals surface area contributed by atoms with Crippen LogP contribution in [0.1, 0.15) is 23.2 Å². The average molecular weight is 262 g/mol. The van der Waals surface area contributed by atoms with Crippen LogP contribution in [0, 0.1) is 10.1 Å². The first-order valence-electron chi connectivity index (χ1n) is 5.94. The molecule has 0 aliphatic heterocycles. The molecule has 1 saturated carbocycles. The number of hydrogen-bond donors (Lipinski definition) is 1. The van der Waals surface area contributed by atoms with E-state index in [1.54, 1.807) is 12.1 Å². The molecular formula is C13H14N2O4. The van der Waals surface area contributed by atoms with E-state index in [0.29, 0.717) is 12.2 Å². The molecule has 0 bridgehead atoms. The maximum absolute atomic E-state index is 11.2. The Labute approximate surface area is 110 Å². The van der Waals surface area contributed by atoms with Crippen molar-refractivity contribution in [3.8, 4) is 0 Å². The fourth-order valence-electron chi connectivity index (χ4n) is 2.10. The molecule has 1 aromatic carbocycles. The van der Waals surface area contributed by atoms with Gasteiger partial charge in [-0.05, 0) is 25.0 Å². The quantitative estimate of drug-likeness (QED) is 0.483. The lowest BCUT2D eigenvalue weighted by Crippen LogP contribution is -2.27. The molecule has 0 saturated heterocycles. The lowest BCUT2D eigenvalue weighted by atomic mass is 10.1. The van der Waals surface area contributed by atoms with Gasteiger partial charge in [-0.1, -0.05) is 12.1 Å². The second-order valence-corrected chi connectivity index (χ2v) is 4.41. The zero-order valence-corrected chi connectivity index (χ0v) is 10.3. The van der Waals surface area contributed by atoms with Gasteiger partial charge in [0.25, 0.3) is 0 Å². The first kappa shape index (κ1) is 13.1. The predicted molar refractivity (Wildman–Crippen MR) is 70.6 cm³/mol. The number of carboxylic acid groups (broad SMARTS) is 1. The minimum atomic E-state index is -1.29. The molecule has 1 aliphatic rings. The van der Waals surface area contributed by atoms with Crippen LogP contribution in [0.25, 0.3) is 0 Å². The zero-order chi connectivity index (χ0) is 14.0. The summed E-state index contributed by atoms with van der Waals surface area (Å²) in [4.78, 5) is 23.5. The third-order valence-electron chi connectivity index (χ3n) is 3.05. The van der Waals surface area contributed by atoms with Crippen molar-refractivity contribution in [1.29, 1.82) is 0 Å². The van der Waals surface area contributed by atoms with Crippen LogP contribution in [0.2, 0.25) is 0 Å². The SMILES string of the molecule is C=CCN(c1cccc(C(=O)O)c1[N+](=O)[O-])C1CC1. The Bertz CT molecular complexity index is 537. The summed E-state index contributed by atoms with van der Waals surface area (Å²) in [5.74, 6) is -1.29. The Morgan fingerprint density at radius 2 is 2.26 bits per heavy atom. The summed E-state index contributed by atoms with van der Waals surface area (Å²) >= 11 is 0. The molecule has 100 valence electrons. The fourth-order valence-corrected chi connectivity index (χ4v) is 2.10. The average Bonchev–Trinajstić information content (AvgIpc) is 3.19. The maximum Gasteiger partial charge on any atom is 0.342 e. The van der Waals surface area contributed by atoms with Crippen LogP contribution >= 0.6 is 0 Å². The van der Waals surface area contributed by atoms with Crippen molar-refractivity contribution in [3.63, 3.8) is 0 Å². The topological polar surface area (TPSA) is 83.7 Å². The van der Waals surface area contributed by atoms with Crippen molar-refractivity contribution in [2.75, 3.05) is 11.4 Å². The lowest BCUT2D eigenvalue weighted by molar-refractivity contribution is -0.384. The first-order chi connectivity index (χ1) is 9.06. The van der Waals surface area contributed by atoms with Crippen molar-refractivity contribution >= 4 is 17.3 Å². The van der Waals surface area contributed by atoms with Crippen molar-refractivity contribution in [2.24, 2.45) is 0 Å². The molecule has 0 atom stereocenters. The van der Waals surface area contributed by atoms with E-state index < -0.39 is 10.9 Å². The Morgan fingerprint density at radius 3 is 2.74 bits per heavy atom. The largest absolute Gasteiger partial charge is 0.477 e. The Morgan fingerprint density at radius 1 is 1.58 bits per heavy atom. The van der Waals surface area contributed by atoms with Crippen molar-refractivity contribution < 1.29 is 14.8 Å². The van der Waals surface area contributed by atoms with Gasteiger partial charge in [0.2, 0.25) is 0 Å². The summed E-state index contributed by atoms with van der Waals surface area (Å²) in [6.45, 7) is 4.11.